The average Bonchev–Trinajstić information content (AvgIpc) is 2.78. The molecule has 0 atom stereocenters. The molecular formula is C10H10N4O4S. The van der Waals surface area contributed by atoms with Gasteiger partial charge in [0.1, 0.15) is 11.4 Å². The van der Waals surface area contributed by atoms with Crippen LogP contribution in [0.2, 0.25) is 0 Å². The molecule has 0 spiro atoms. The number of carboxylic acid groups (broad SMARTS) is 1. The lowest BCUT2D eigenvalue weighted by Gasteiger charge is -2.04. The number of anilines is 1. The van der Waals surface area contributed by atoms with Gasteiger partial charge in [-0.1, -0.05) is 0 Å². The molecule has 0 aromatic carbocycles. The first-order valence-corrected chi connectivity index (χ1v) is 6.63. The van der Waals surface area contributed by atoms with Crippen molar-refractivity contribution in [2.75, 3.05) is 4.72 Å². The van der Waals surface area contributed by atoms with Crippen molar-refractivity contribution in [3.8, 4) is 0 Å². The van der Waals surface area contributed by atoms with E-state index in [0.29, 0.717) is 5.69 Å². The Morgan fingerprint density at radius 1 is 1.37 bits per heavy atom. The molecule has 0 aliphatic carbocycles. The van der Waals surface area contributed by atoms with E-state index in [9.17, 15) is 13.2 Å². The number of hydrogen-bond donors (Lipinski definition) is 2. The predicted octanol–water partition coefficient (Wildman–Crippen LogP) is 0.163. The highest BCUT2D eigenvalue weighted by atomic mass is 32.2. The Hall–Kier alpha value is -2.42. The molecule has 8 nitrogen and oxygen atoms in total. The SMILES string of the molecule is O=C(O)Cn1cc(S(=O)(=O)Nc2ccncc2)cn1. The van der Waals surface area contributed by atoms with Crippen LogP contribution in [0.1, 0.15) is 0 Å². The summed E-state index contributed by atoms with van der Waals surface area (Å²) in [7, 11) is -3.78. The lowest BCUT2D eigenvalue weighted by atomic mass is 10.4. The van der Waals surface area contributed by atoms with E-state index in [-0.39, 0.29) is 4.90 Å². The predicted molar refractivity (Wildman–Crippen MR) is 64.9 cm³/mol. The molecule has 2 rings (SSSR count). The van der Waals surface area contributed by atoms with Crippen molar-refractivity contribution in [2.45, 2.75) is 11.4 Å². The maximum atomic E-state index is 12.0. The van der Waals surface area contributed by atoms with Crippen molar-refractivity contribution in [1.29, 1.82) is 0 Å². The maximum Gasteiger partial charge on any atom is 0.325 e. The van der Waals surface area contributed by atoms with Gasteiger partial charge in [0.2, 0.25) is 0 Å². The van der Waals surface area contributed by atoms with Crippen LogP contribution in [0.25, 0.3) is 0 Å². The summed E-state index contributed by atoms with van der Waals surface area (Å²) in [6, 6.07) is 3.00. The molecular weight excluding hydrogens is 272 g/mol. The first-order valence-electron chi connectivity index (χ1n) is 5.14. The third kappa shape index (κ3) is 3.28. The third-order valence-electron chi connectivity index (χ3n) is 2.15. The molecule has 0 unspecified atom stereocenters. The van der Waals surface area contributed by atoms with E-state index in [1.54, 1.807) is 0 Å². The van der Waals surface area contributed by atoms with Crippen LogP contribution in [0.15, 0.2) is 41.8 Å². The highest BCUT2D eigenvalue weighted by Gasteiger charge is 2.17. The molecule has 0 aliphatic heterocycles. The summed E-state index contributed by atoms with van der Waals surface area (Å²) in [5.41, 5.74) is 0.362. The second-order valence-corrected chi connectivity index (χ2v) is 5.29. The van der Waals surface area contributed by atoms with Crippen LogP contribution in [0.3, 0.4) is 0 Å². The van der Waals surface area contributed by atoms with Crippen molar-refractivity contribution in [1.82, 2.24) is 14.8 Å². The lowest BCUT2D eigenvalue weighted by molar-refractivity contribution is -0.137. The second kappa shape index (κ2) is 5.06. The fraction of sp³-hybridized carbons (Fsp3) is 0.100. The minimum atomic E-state index is -3.78. The zero-order valence-electron chi connectivity index (χ0n) is 9.59. The lowest BCUT2D eigenvalue weighted by Crippen LogP contribution is -2.13. The Morgan fingerprint density at radius 2 is 2.05 bits per heavy atom. The van der Waals surface area contributed by atoms with Gasteiger partial charge in [0.05, 0.1) is 11.9 Å². The summed E-state index contributed by atoms with van der Waals surface area (Å²) >= 11 is 0. The number of pyridine rings is 1. The number of aromatic nitrogens is 3. The highest BCUT2D eigenvalue weighted by molar-refractivity contribution is 7.92. The van der Waals surface area contributed by atoms with Crippen LogP contribution in [0, 0.1) is 0 Å². The van der Waals surface area contributed by atoms with E-state index in [2.05, 4.69) is 14.8 Å². The Balaban J connectivity index is 2.20. The van der Waals surface area contributed by atoms with Crippen LogP contribution in [0.4, 0.5) is 5.69 Å². The molecule has 0 saturated carbocycles. The van der Waals surface area contributed by atoms with Gasteiger partial charge in [-0.3, -0.25) is 19.2 Å². The summed E-state index contributed by atoms with van der Waals surface area (Å²) in [5.74, 6) is -1.10. The normalized spacial score (nSPS) is 11.2. The molecule has 2 N–H and O–H groups in total. The molecule has 2 aromatic heterocycles. The first-order chi connectivity index (χ1) is 8.97. The summed E-state index contributed by atoms with van der Waals surface area (Å²) in [6.07, 6.45) is 5.14. The smallest absolute Gasteiger partial charge is 0.325 e. The molecule has 9 heteroatoms. The Bertz CT molecular complexity index is 681. The zero-order chi connectivity index (χ0) is 13.9. The van der Waals surface area contributed by atoms with Gasteiger partial charge in [-0.2, -0.15) is 5.10 Å². The van der Waals surface area contributed by atoms with E-state index < -0.39 is 22.5 Å². The molecule has 0 aliphatic rings. The standard InChI is InChI=1S/C10H10N4O4S/c15-10(16)7-14-6-9(5-12-14)19(17,18)13-8-1-3-11-4-2-8/h1-6H,7H2,(H,11,13)(H,15,16). The fourth-order valence-electron chi connectivity index (χ4n) is 1.34. The Morgan fingerprint density at radius 3 is 2.68 bits per heavy atom. The molecule has 19 heavy (non-hydrogen) atoms. The van der Waals surface area contributed by atoms with Gasteiger partial charge in [-0.25, -0.2) is 8.42 Å². The van der Waals surface area contributed by atoms with E-state index in [0.717, 1.165) is 17.1 Å². The van der Waals surface area contributed by atoms with Gasteiger partial charge in [-0.15, -0.1) is 0 Å². The third-order valence-corrected chi connectivity index (χ3v) is 3.49. The van der Waals surface area contributed by atoms with Crippen molar-refractivity contribution in [3.05, 3.63) is 36.9 Å². The molecule has 100 valence electrons. The van der Waals surface area contributed by atoms with Crippen LogP contribution >= 0.6 is 0 Å². The molecule has 0 radical (unpaired) electrons. The largest absolute Gasteiger partial charge is 0.480 e. The molecule has 0 bridgehead atoms. The topological polar surface area (TPSA) is 114 Å². The number of nitrogens with zero attached hydrogens (tertiary/aromatic N) is 3. The molecule has 0 fully saturated rings. The fourth-order valence-corrected chi connectivity index (χ4v) is 2.35. The van der Waals surface area contributed by atoms with Crippen LogP contribution in [0.5, 0.6) is 0 Å². The van der Waals surface area contributed by atoms with Crippen molar-refractivity contribution in [2.24, 2.45) is 0 Å². The van der Waals surface area contributed by atoms with Gasteiger partial charge >= 0.3 is 5.97 Å². The summed E-state index contributed by atoms with van der Waals surface area (Å²) < 4.78 is 27.3. The van der Waals surface area contributed by atoms with Crippen molar-refractivity contribution in [3.63, 3.8) is 0 Å². The van der Waals surface area contributed by atoms with E-state index >= 15 is 0 Å². The number of hydrogen-bond acceptors (Lipinski definition) is 5. The minimum absolute atomic E-state index is 0.106. The molecule has 0 amide bonds. The number of carbonyl (C=O) groups is 1. The number of rotatable bonds is 5. The monoisotopic (exact) mass is 282 g/mol. The molecule has 2 aromatic rings. The van der Waals surface area contributed by atoms with Crippen LogP contribution < -0.4 is 4.72 Å². The van der Waals surface area contributed by atoms with Gasteiger partial charge in [0, 0.05) is 18.6 Å². The summed E-state index contributed by atoms with van der Waals surface area (Å²) in [4.78, 5) is 14.1. The Labute approximate surface area is 108 Å². The van der Waals surface area contributed by atoms with Crippen molar-refractivity contribution >= 4 is 21.7 Å². The number of carboxylic acids is 1. The van der Waals surface area contributed by atoms with E-state index in [1.807, 2.05) is 0 Å². The number of nitrogens with one attached hydrogen (secondary N) is 1. The maximum absolute atomic E-state index is 12.0. The van der Waals surface area contributed by atoms with Gasteiger partial charge in [0.25, 0.3) is 10.0 Å². The van der Waals surface area contributed by atoms with Gasteiger partial charge in [-0.05, 0) is 12.1 Å². The van der Waals surface area contributed by atoms with E-state index in [1.165, 1.54) is 24.5 Å². The highest BCUT2D eigenvalue weighted by Crippen LogP contribution is 2.14. The number of aliphatic carboxylic acids is 1. The number of sulfonamides is 1. The van der Waals surface area contributed by atoms with Gasteiger partial charge in [0.15, 0.2) is 0 Å². The summed E-state index contributed by atoms with van der Waals surface area (Å²) in [5, 5.41) is 12.2. The Kier molecular flexibility index (Phi) is 3.47. The molecule has 2 heterocycles. The minimum Gasteiger partial charge on any atom is -0.480 e. The van der Waals surface area contributed by atoms with E-state index in [4.69, 9.17) is 5.11 Å². The quantitative estimate of drug-likeness (QED) is 0.807. The zero-order valence-corrected chi connectivity index (χ0v) is 10.4. The molecule has 0 saturated heterocycles. The second-order valence-electron chi connectivity index (χ2n) is 3.61. The van der Waals surface area contributed by atoms with Gasteiger partial charge < -0.3 is 5.11 Å². The van der Waals surface area contributed by atoms with Crippen LogP contribution in [-0.4, -0.2) is 34.3 Å². The summed E-state index contributed by atoms with van der Waals surface area (Å²) in [6.45, 7) is -0.398. The average molecular weight is 282 g/mol. The van der Waals surface area contributed by atoms with Crippen LogP contribution in [-0.2, 0) is 21.4 Å². The van der Waals surface area contributed by atoms with Crippen molar-refractivity contribution < 1.29 is 18.3 Å². The first kappa shape index (κ1) is 13.0.